The number of aromatic nitrogens is 3. The van der Waals surface area contributed by atoms with Gasteiger partial charge in [0.25, 0.3) is 0 Å². The van der Waals surface area contributed by atoms with Crippen LogP contribution in [0.2, 0.25) is 5.02 Å². The van der Waals surface area contributed by atoms with Gasteiger partial charge in [-0.25, -0.2) is 8.42 Å². The molecule has 148 valence electrons. The fraction of sp³-hybridized carbons (Fsp3) is 0.500. The molecule has 0 radical (unpaired) electrons. The Bertz CT molecular complexity index is 993. The molecule has 1 saturated heterocycles. The van der Waals surface area contributed by atoms with E-state index in [1.165, 1.54) is 0 Å². The maximum Gasteiger partial charge on any atom is 0.417 e. The molecule has 0 unspecified atom stereocenters. The van der Waals surface area contributed by atoms with Crippen LogP contribution in [0.25, 0.3) is 5.65 Å². The van der Waals surface area contributed by atoms with Crippen LogP contribution >= 0.6 is 23.4 Å². The molecule has 0 aliphatic carbocycles. The first-order valence-electron chi connectivity index (χ1n) is 7.75. The molecular weight excluding hydrogens is 429 g/mol. The molecule has 0 aromatic carbocycles. The van der Waals surface area contributed by atoms with Gasteiger partial charge < -0.3 is 5.32 Å². The molecule has 27 heavy (non-hydrogen) atoms. The third-order valence-electron chi connectivity index (χ3n) is 3.99. The maximum atomic E-state index is 13.0. The second-order valence-corrected chi connectivity index (χ2v) is 10.1. The number of rotatable bonds is 4. The molecule has 3 heterocycles. The average Bonchev–Trinajstić information content (AvgIpc) is 3.10. The Kier molecular flexibility index (Phi) is 5.34. The largest absolute Gasteiger partial charge is 0.417 e. The van der Waals surface area contributed by atoms with Gasteiger partial charge in [-0.15, -0.1) is 10.2 Å². The summed E-state index contributed by atoms with van der Waals surface area (Å²) in [4.78, 5) is 12.3. The van der Waals surface area contributed by atoms with Crippen LogP contribution < -0.4 is 5.32 Å². The summed E-state index contributed by atoms with van der Waals surface area (Å²) < 4.78 is 62.9. The summed E-state index contributed by atoms with van der Waals surface area (Å²) in [7, 11) is -3.14. The van der Waals surface area contributed by atoms with Crippen LogP contribution in [0.15, 0.2) is 17.4 Å². The Morgan fingerprint density at radius 2 is 2.15 bits per heavy atom. The molecule has 0 bridgehead atoms. The average molecular weight is 443 g/mol. The lowest BCUT2D eigenvalue weighted by Crippen LogP contribution is -2.40. The van der Waals surface area contributed by atoms with Gasteiger partial charge in [0, 0.05) is 12.2 Å². The molecule has 2 aromatic heterocycles. The first-order valence-corrected chi connectivity index (χ1v) is 10.8. The van der Waals surface area contributed by atoms with Crippen LogP contribution in [0.5, 0.6) is 0 Å². The second kappa shape index (κ2) is 7.13. The lowest BCUT2D eigenvalue weighted by Gasteiger charge is -2.15. The molecule has 3 rings (SSSR count). The van der Waals surface area contributed by atoms with E-state index in [1.54, 1.807) is 6.92 Å². The SMILES string of the molecule is C[C@@H](Sc1nnc2c(Cl)cc(C(F)(F)F)cn12)C(=O)N[C@@H]1CCS(=O)(=O)C1. The summed E-state index contributed by atoms with van der Waals surface area (Å²) in [6.07, 6.45) is -3.44. The number of carbonyl (C=O) groups is 1. The van der Waals surface area contributed by atoms with E-state index in [2.05, 4.69) is 15.5 Å². The lowest BCUT2D eigenvalue weighted by atomic mass is 10.2. The smallest absolute Gasteiger partial charge is 0.351 e. The minimum absolute atomic E-state index is 0.0208. The van der Waals surface area contributed by atoms with Crippen molar-refractivity contribution >= 4 is 44.8 Å². The first-order chi connectivity index (χ1) is 12.5. The Morgan fingerprint density at radius 3 is 2.74 bits per heavy atom. The summed E-state index contributed by atoms with van der Waals surface area (Å²) >= 11 is 6.75. The van der Waals surface area contributed by atoms with Crippen molar-refractivity contribution in [1.82, 2.24) is 19.9 Å². The number of amides is 1. The van der Waals surface area contributed by atoms with Gasteiger partial charge in [-0.05, 0) is 19.4 Å². The number of thioether (sulfide) groups is 1. The molecule has 1 aliphatic heterocycles. The summed E-state index contributed by atoms with van der Waals surface area (Å²) in [5, 5.41) is 9.33. The highest BCUT2D eigenvalue weighted by molar-refractivity contribution is 8.00. The van der Waals surface area contributed by atoms with E-state index in [0.717, 1.165) is 28.4 Å². The zero-order chi connectivity index (χ0) is 20.0. The quantitative estimate of drug-likeness (QED) is 0.729. The Balaban J connectivity index is 1.77. The standard InChI is InChI=1S/C14H14ClF3N4O3S2/c1-7(12(23)19-9-2-3-27(24,25)6-9)26-13-21-20-11-10(15)4-8(5-22(11)13)14(16,17)18/h4-5,7,9H,2-3,6H2,1H3,(H,19,23)/t7-,9-/m1/s1. The number of pyridine rings is 1. The third-order valence-corrected chi connectivity index (χ3v) is 7.09. The van der Waals surface area contributed by atoms with Gasteiger partial charge in [0.2, 0.25) is 5.91 Å². The molecule has 0 saturated carbocycles. The van der Waals surface area contributed by atoms with E-state index in [4.69, 9.17) is 11.6 Å². The van der Waals surface area contributed by atoms with Crippen molar-refractivity contribution in [3.05, 3.63) is 22.8 Å². The van der Waals surface area contributed by atoms with E-state index < -0.39 is 38.8 Å². The van der Waals surface area contributed by atoms with Crippen molar-refractivity contribution in [2.75, 3.05) is 11.5 Å². The number of nitrogens with one attached hydrogen (secondary N) is 1. The molecule has 2 aromatic rings. The number of sulfone groups is 1. The van der Waals surface area contributed by atoms with Crippen LogP contribution in [0.1, 0.15) is 18.9 Å². The minimum atomic E-state index is -4.60. The van der Waals surface area contributed by atoms with Crippen LogP contribution in [0.3, 0.4) is 0 Å². The number of halogens is 4. The summed E-state index contributed by atoms with van der Waals surface area (Å²) in [5.74, 6) is -0.529. The number of fused-ring (bicyclic) bond motifs is 1. The number of nitrogens with zero attached hydrogens (tertiary/aromatic N) is 3. The predicted molar refractivity (Wildman–Crippen MR) is 93.5 cm³/mol. The van der Waals surface area contributed by atoms with Crippen LogP contribution in [0, 0.1) is 0 Å². The van der Waals surface area contributed by atoms with Crippen molar-refractivity contribution in [3.8, 4) is 0 Å². The van der Waals surface area contributed by atoms with E-state index >= 15 is 0 Å². The second-order valence-electron chi connectivity index (χ2n) is 6.12. The minimum Gasteiger partial charge on any atom is -0.351 e. The third kappa shape index (κ3) is 4.49. The molecular formula is C14H14ClF3N4O3S2. The topological polar surface area (TPSA) is 93.4 Å². The van der Waals surface area contributed by atoms with Crippen molar-refractivity contribution in [2.24, 2.45) is 0 Å². The highest BCUT2D eigenvalue weighted by atomic mass is 35.5. The summed E-state index contributed by atoms with van der Waals surface area (Å²) in [6.45, 7) is 1.54. The van der Waals surface area contributed by atoms with Crippen LogP contribution in [-0.4, -0.2) is 51.7 Å². The molecule has 1 fully saturated rings. The number of alkyl halides is 3. The Labute approximate surface area is 161 Å². The van der Waals surface area contributed by atoms with Crippen molar-refractivity contribution in [1.29, 1.82) is 0 Å². The molecule has 7 nitrogen and oxygen atoms in total. The van der Waals surface area contributed by atoms with Crippen molar-refractivity contribution in [3.63, 3.8) is 0 Å². The Hall–Kier alpha value is -1.53. The van der Waals surface area contributed by atoms with E-state index in [-0.39, 0.29) is 27.3 Å². The van der Waals surface area contributed by atoms with E-state index in [0.29, 0.717) is 6.42 Å². The summed E-state index contributed by atoms with van der Waals surface area (Å²) in [6, 6.07) is 0.295. The molecule has 2 atom stereocenters. The highest BCUT2D eigenvalue weighted by Crippen LogP contribution is 2.33. The van der Waals surface area contributed by atoms with Crippen LogP contribution in [-0.2, 0) is 20.8 Å². The van der Waals surface area contributed by atoms with Gasteiger partial charge in [-0.1, -0.05) is 23.4 Å². The molecule has 1 amide bonds. The van der Waals surface area contributed by atoms with E-state index in [1.807, 2.05) is 0 Å². The normalized spacial score (nSPS) is 20.7. The van der Waals surface area contributed by atoms with Gasteiger partial charge in [0.05, 0.1) is 27.3 Å². The molecule has 1 aliphatic rings. The van der Waals surface area contributed by atoms with Gasteiger partial charge in [-0.3, -0.25) is 9.20 Å². The van der Waals surface area contributed by atoms with E-state index in [9.17, 15) is 26.4 Å². The number of carbonyl (C=O) groups excluding carboxylic acids is 1. The maximum absolute atomic E-state index is 13.0. The highest BCUT2D eigenvalue weighted by Gasteiger charge is 2.33. The fourth-order valence-electron chi connectivity index (χ4n) is 2.61. The van der Waals surface area contributed by atoms with Gasteiger partial charge in [-0.2, -0.15) is 13.2 Å². The predicted octanol–water partition coefficient (Wildman–Crippen LogP) is 2.19. The number of hydrogen-bond acceptors (Lipinski definition) is 6. The van der Waals surface area contributed by atoms with Gasteiger partial charge in [0.1, 0.15) is 0 Å². The molecule has 0 spiro atoms. The Morgan fingerprint density at radius 1 is 1.44 bits per heavy atom. The number of hydrogen-bond donors (Lipinski definition) is 1. The van der Waals surface area contributed by atoms with Crippen molar-refractivity contribution in [2.45, 2.75) is 36.0 Å². The molecule has 1 N–H and O–H groups in total. The van der Waals surface area contributed by atoms with Crippen LogP contribution in [0.4, 0.5) is 13.2 Å². The zero-order valence-corrected chi connectivity index (χ0v) is 16.2. The van der Waals surface area contributed by atoms with Crippen molar-refractivity contribution < 1.29 is 26.4 Å². The first kappa shape index (κ1) is 20.2. The lowest BCUT2D eigenvalue weighted by molar-refractivity contribution is -0.137. The summed E-state index contributed by atoms with van der Waals surface area (Å²) in [5.41, 5.74) is -0.920. The monoisotopic (exact) mass is 442 g/mol. The fourth-order valence-corrected chi connectivity index (χ4v) is 5.36. The molecule has 13 heteroatoms. The zero-order valence-electron chi connectivity index (χ0n) is 13.8. The van der Waals surface area contributed by atoms with Gasteiger partial charge >= 0.3 is 6.18 Å². The van der Waals surface area contributed by atoms with Gasteiger partial charge in [0.15, 0.2) is 20.6 Å².